The summed E-state index contributed by atoms with van der Waals surface area (Å²) in [5.74, 6) is -1.56. The van der Waals surface area contributed by atoms with E-state index in [1.807, 2.05) is 30.3 Å². The minimum Gasteiger partial charge on any atom is -0.543 e. The van der Waals surface area contributed by atoms with E-state index in [4.69, 9.17) is 9.47 Å². The van der Waals surface area contributed by atoms with Gasteiger partial charge in [0, 0.05) is 12.9 Å². The Morgan fingerprint density at radius 3 is 2.18 bits per heavy atom. The van der Waals surface area contributed by atoms with Crippen molar-refractivity contribution in [2.24, 2.45) is 0 Å². The van der Waals surface area contributed by atoms with E-state index in [-0.39, 0.29) is 18.9 Å². The van der Waals surface area contributed by atoms with Crippen LogP contribution in [0.2, 0.25) is 0 Å². The normalized spacial score (nSPS) is 23.7. The number of benzene rings is 1. The highest BCUT2D eigenvalue weighted by Crippen LogP contribution is 2.40. The molecule has 5 rings (SSSR count). The average Bonchev–Trinajstić information content (AvgIpc) is 2.96. The van der Waals surface area contributed by atoms with Crippen LogP contribution in [0.25, 0.3) is 0 Å². The van der Waals surface area contributed by atoms with Gasteiger partial charge in [-0.05, 0) is 62.5 Å². The van der Waals surface area contributed by atoms with Crippen LogP contribution in [0.3, 0.4) is 0 Å². The molecular formula is C29H41N3O6S. The van der Waals surface area contributed by atoms with Gasteiger partial charge in [-0.2, -0.15) is 0 Å². The number of aliphatic carboxylic acids is 1. The van der Waals surface area contributed by atoms with Crippen LogP contribution in [0.1, 0.15) is 69.8 Å². The maximum Gasteiger partial charge on any atom is 0.408 e. The Hall–Kier alpha value is -2.56. The molecule has 214 valence electrons. The molecule has 2 aliphatic heterocycles. The average molecular weight is 560 g/mol. The summed E-state index contributed by atoms with van der Waals surface area (Å²) in [5.41, 5.74) is 1.13. The predicted octanol–water partition coefficient (Wildman–Crippen LogP) is 2.06. The van der Waals surface area contributed by atoms with E-state index >= 15 is 0 Å². The molecule has 1 saturated heterocycles. The smallest absolute Gasteiger partial charge is 0.408 e. The minimum absolute atomic E-state index is 0.0806. The number of carboxylic acids is 1. The predicted molar refractivity (Wildman–Crippen MR) is 146 cm³/mol. The zero-order chi connectivity index (χ0) is 27.6. The van der Waals surface area contributed by atoms with Gasteiger partial charge < -0.3 is 30.0 Å². The molecule has 4 aliphatic rings. The first kappa shape index (κ1) is 29.4. The number of ether oxygens (including phenoxy) is 2. The zero-order valence-electron chi connectivity index (χ0n) is 22.8. The second kappa shape index (κ2) is 14.7. The topological polar surface area (TPSA) is 125 Å². The summed E-state index contributed by atoms with van der Waals surface area (Å²) in [7, 11) is 1.45. The van der Waals surface area contributed by atoms with E-state index in [0.29, 0.717) is 11.3 Å². The number of nitrogens with zero attached hydrogens (tertiary/aromatic N) is 1. The lowest BCUT2D eigenvalue weighted by Gasteiger charge is -2.50. The number of carbonyl (C=O) groups excluding carboxylic acids is 3. The lowest BCUT2D eigenvalue weighted by molar-refractivity contribution is -0.725. The number of carboxylic acid groups (broad SMARTS) is 1. The molecule has 1 unspecified atom stereocenters. The molecule has 1 aromatic rings. The zero-order valence-corrected chi connectivity index (χ0v) is 23.6. The van der Waals surface area contributed by atoms with Crippen molar-refractivity contribution in [1.82, 2.24) is 10.2 Å². The highest BCUT2D eigenvalue weighted by molar-refractivity contribution is 8.00. The maximum atomic E-state index is 12.3. The van der Waals surface area contributed by atoms with E-state index in [1.54, 1.807) is 0 Å². The van der Waals surface area contributed by atoms with Gasteiger partial charge in [0.25, 0.3) is 5.91 Å². The first-order chi connectivity index (χ1) is 19.0. The van der Waals surface area contributed by atoms with Gasteiger partial charge in [-0.1, -0.05) is 43.2 Å². The third-order valence-corrected chi connectivity index (χ3v) is 9.23. The van der Waals surface area contributed by atoms with E-state index < -0.39 is 29.4 Å². The molecule has 0 aromatic heterocycles. The monoisotopic (exact) mass is 559 g/mol. The van der Waals surface area contributed by atoms with Crippen LogP contribution in [0, 0.1) is 0 Å². The number of nitrogens with two attached hydrogens (primary N) is 1. The molecule has 2 aliphatic carbocycles. The molecule has 39 heavy (non-hydrogen) atoms. The molecule has 9 nitrogen and oxygen atoms in total. The summed E-state index contributed by atoms with van der Waals surface area (Å²) < 4.78 is 10.1. The number of β-lactam (4-membered cyclic amide) rings is 1. The van der Waals surface area contributed by atoms with Gasteiger partial charge in [0.1, 0.15) is 18.0 Å². The Labute approximate surface area is 235 Å². The minimum atomic E-state index is -1.43. The van der Waals surface area contributed by atoms with Crippen molar-refractivity contribution in [3.05, 3.63) is 47.2 Å². The van der Waals surface area contributed by atoms with E-state index in [1.165, 1.54) is 83.1 Å². The van der Waals surface area contributed by atoms with Crippen LogP contribution in [0.5, 0.6) is 0 Å². The van der Waals surface area contributed by atoms with Gasteiger partial charge in [0.2, 0.25) is 0 Å². The molecule has 2 heterocycles. The van der Waals surface area contributed by atoms with Crippen LogP contribution in [0.15, 0.2) is 41.6 Å². The van der Waals surface area contributed by atoms with E-state index in [0.717, 1.165) is 22.5 Å². The number of nitrogens with one attached hydrogen (secondary N) is 1. The fourth-order valence-corrected chi connectivity index (χ4v) is 7.21. The highest BCUT2D eigenvalue weighted by Gasteiger charge is 2.53. The summed E-state index contributed by atoms with van der Waals surface area (Å²) in [6, 6.07) is 10.3. The van der Waals surface area contributed by atoms with Crippen LogP contribution >= 0.6 is 11.8 Å². The molecule has 2 atom stereocenters. The van der Waals surface area contributed by atoms with Gasteiger partial charge in [-0.25, -0.2) is 4.79 Å². The number of thioether (sulfide) groups is 1. The molecule has 0 radical (unpaired) electrons. The van der Waals surface area contributed by atoms with Crippen LogP contribution in [-0.2, 0) is 25.7 Å². The number of methoxy groups -OCH3 is 1. The first-order valence-corrected chi connectivity index (χ1v) is 15.2. The number of hydrogen-bond acceptors (Lipinski definition) is 7. The fraction of sp³-hybridized carbons (Fsp3) is 0.621. The van der Waals surface area contributed by atoms with Gasteiger partial charge in [0.05, 0.1) is 30.4 Å². The Bertz CT molecular complexity index is 992. The Morgan fingerprint density at radius 2 is 1.62 bits per heavy atom. The SMILES string of the molecule is C1CCC([NH2+]C2CCCCC2)CC1.COCC1=C(C(=O)[O-])N2C(=O)C(NC(=O)OCc3ccccc3)[C@H]2SC1. The number of amides is 2. The molecule has 3 fully saturated rings. The summed E-state index contributed by atoms with van der Waals surface area (Å²) in [6.07, 6.45) is 14.2. The maximum absolute atomic E-state index is 12.3. The quantitative estimate of drug-likeness (QED) is 0.467. The summed E-state index contributed by atoms with van der Waals surface area (Å²) in [5, 5.41) is 16.1. The van der Waals surface area contributed by atoms with Crippen LogP contribution < -0.4 is 15.7 Å². The van der Waals surface area contributed by atoms with Gasteiger partial charge >= 0.3 is 6.09 Å². The second-order valence-corrected chi connectivity index (χ2v) is 11.9. The van der Waals surface area contributed by atoms with Crippen molar-refractivity contribution in [2.45, 2.75) is 94.3 Å². The number of rotatable bonds is 8. The van der Waals surface area contributed by atoms with Crippen molar-refractivity contribution in [2.75, 3.05) is 19.5 Å². The Balaban J connectivity index is 0.000000226. The van der Waals surface area contributed by atoms with Gasteiger partial charge in [-0.3, -0.25) is 9.69 Å². The van der Waals surface area contributed by atoms with E-state index in [2.05, 4.69) is 10.6 Å². The molecule has 1 aromatic carbocycles. The highest BCUT2D eigenvalue weighted by atomic mass is 32.2. The number of quaternary nitrogens is 1. The van der Waals surface area contributed by atoms with Gasteiger partial charge in [-0.15, -0.1) is 11.8 Å². The van der Waals surface area contributed by atoms with Gasteiger partial charge in [0.15, 0.2) is 0 Å². The summed E-state index contributed by atoms with van der Waals surface area (Å²) in [6.45, 7) is 0.182. The van der Waals surface area contributed by atoms with Crippen LogP contribution in [-0.4, -0.2) is 65.8 Å². The number of alkyl carbamates (subject to hydrolysis) is 1. The Morgan fingerprint density at radius 1 is 1.00 bits per heavy atom. The van der Waals surface area contributed by atoms with Crippen molar-refractivity contribution < 1.29 is 34.3 Å². The van der Waals surface area contributed by atoms with Crippen molar-refractivity contribution in [3.63, 3.8) is 0 Å². The van der Waals surface area contributed by atoms with Crippen molar-refractivity contribution in [3.8, 4) is 0 Å². The van der Waals surface area contributed by atoms with Crippen LogP contribution in [0.4, 0.5) is 4.79 Å². The molecule has 3 N–H and O–H groups in total. The lowest BCUT2D eigenvalue weighted by Crippen LogP contribution is -2.95. The number of hydrogen-bond donors (Lipinski definition) is 2. The molecule has 2 saturated carbocycles. The summed E-state index contributed by atoms with van der Waals surface area (Å²) >= 11 is 1.36. The number of fused-ring (bicyclic) bond motifs is 1. The van der Waals surface area contributed by atoms with Crippen molar-refractivity contribution >= 4 is 29.7 Å². The molecule has 0 bridgehead atoms. The molecule has 10 heteroatoms. The van der Waals surface area contributed by atoms with Crippen molar-refractivity contribution in [1.29, 1.82) is 0 Å². The summed E-state index contributed by atoms with van der Waals surface area (Å²) in [4.78, 5) is 36.9. The fourth-order valence-electron chi connectivity index (χ4n) is 5.89. The third-order valence-electron chi connectivity index (χ3n) is 7.89. The molecular weight excluding hydrogens is 518 g/mol. The first-order valence-electron chi connectivity index (χ1n) is 14.2. The largest absolute Gasteiger partial charge is 0.543 e. The second-order valence-electron chi connectivity index (χ2n) is 10.8. The number of carbonyl (C=O) groups is 3. The third kappa shape index (κ3) is 7.99. The lowest BCUT2D eigenvalue weighted by atomic mass is 9.91. The molecule has 2 amide bonds. The Kier molecular flexibility index (Phi) is 11.1. The van der Waals surface area contributed by atoms with E-state index in [9.17, 15) is 19.5 Å². The molecule has 0 spiro atoms. The standard InChI is InChI=1S/C17H18N2O6S.C12H23N/c1-24-8-11-9-26-15-12(14(20)19(15)13(11)16(21)22)18-17(23)25-7-10-5-3-2-4-6-10;1-3-7-11(8-4-1)13-12-9-5-2-6-10-12/h2-6,12,15H,7-9H2,1H3,(H,18,23)(H,21,22);11-13H,1-10H2/t12?,15-;/m1./s1.